The van der Waals surface area contributed by atoms with Gasteiger partial charge in [-0.1, -0.05) is 6.42 Å². The minimum Gasteiger partial charge on any atom is -0.330 e. The molecule has 4 heteroatoms. The van der Waals surface area contributed by atoms with Gasteiger partial charge in [-0.2, -0.15) is 0 Å². The molecule has 96 valence electrons. The van der Waals surface area contributed by atoms with Gasteiger partial charge in [-0.05, 0) is 44.2 Å². The van der Waals surface area contributed by atoms with Crippen LogP contribution in [0.5, 0.6) is 0 Å². The topological polar surface area (TPSA) is 76.1 Å². The summed E-state index contributed by atoms with van der Waals surface area (Å²) in [6, 6.07) is 0. The van der Waals surface area contributed by atoms with Gasteiger partial charge in [-0.15, -0.1) is 0 Å². The molecule has 0 aromatic heterocycles. The molecule has 0 radical (unpaired) electrons. The van der Waals surface area contributed by atoms with Crippen LogP contribution < -0.4 is 22.1 Å². The Morgan fingerprint density at radius 3 is 1.56 bits per heavy atom. The smallest absolute Gasteiger partial charge is 0.00772 e. The van der Waals surface area contributed by atoms with E-state index in [0.717, 1.165) is 51.1 Å². The number of hydrogen-bond donors (Lipinski definition) is 4. The van der Waals surface area contributed by atoms with Crippen molar-refractivity contribution in [3.63, 3.8) is 0 Å². The van der Waals surface area contributed by atoms with Crippen LogP contribution in [0.2, 0.25) is 0 Å². The summed E-state index contributed by atoms with van der Waals surface area (Å²) in [6.45, 7) is 6.27. The van der Waals surface area contributed by atoms with E-state index < -0.39 is 0 Å². The highest BCUT2D eigenvalue weighted by molar-refractivity contribution is 4.73. The summed E-state index contributed by atoms with van der Waals surface area (Å²) in [5.41, 5.74) is 11.2. The lowest BCUT2D eigenvalue weighted by molar-refractivity contribution is 0.277. The lowest BCUT2D eigenvalue weighted by Crippen LogP contribution is -2.39. The molecule has 2 aliphatic rings. The number of nitrogens with one attached hydrogen (secondary N) is 2. The molecule has 2 fully saturated rings. The predicted octanol–water partition coefficient (Wildman–Crippen LogP) is -0.111. The third kappa shape index (κ3) is 5.80. The highest BCUT2D eigenvalue weighted by Crippen LogP contribution is 2.27. The molecule has 1 saturated heterocycles. The first-order valence-electron chi connectivity index (χ1n) is 6.68. The maximum Gasteiger partial charge on any atom is 0.00772 e. The molecular formula is C12H28N4. The average Bonchev–Trinajstić information content (AvgIpc) is 2.41. The Morgan fingerprint density at radius 2 is 1.25 bits per heavy atom. The summed E-state index contributed by atoms with van der Waals surface area (Å²) in [5.74, 6) is 1.53. The molecule has 4 nitrogen and oxygen atoms in total. The molecule has 2 rings (SSSR count). The highest BCUT2D eigenvalue weighted by Gasteiger charge is 2.19. The van der Waals surface area contributed by atoms with Crippen molar-refractivity contribution < 1.29 is 0 Å². The Bertz CT molecular complexity index is 138. The summed E-state index contributed by atoms with van der Waals surface area (Å²) in [5, 5.41) is 6.44. The number of piperazine rings is 1. The molecule has 6 N–H and O–H groups in total. The average molecular weight is 228 g/mol. The third-order valence-corrected chi connectivity index (χ3v) is 3.52. The zero-order valence-corrected chi connectivity index (χ0v) is 10.4. The standard InChI is InChI=1S/C8H18N2.C4H10N2/c9-5-7-2-1-3-8(4-7)6-10;1-2-6-4-3-5-1/h7-8H,1-6,9-10H2;5-6H,1-4H2. The Labute approximate surface area is 99.5 Å². The number of hydrogen-bond acceptors (Lipinski definition) is 4. The minimum absolute atomic E-state index is 0.766. The van der Waals surface area contributed by atoms with Crippen LogP contribution in [0.4, 0.5) is 0 Å². The van der Waals surface area contributed by atoms with Crippen molar-refractivity contribution in [3.05, 3.63) is 0 Å². The zero-order chi connectivity index (χ0) is 11.6. The normalized spacial score (nSPS) is 30.4. The fourth-order valence-corrected chi connectivity index (χ4v) is 2.43. The first kappa shape index (κ1) is 13.9. The second kappa shape index (κ2) is 8.93. The van der Waals surface area contributed by atoms with Crippen LogP contribution >= 0.6 is 0 Å². The van der Waals surface area contributed by atoms with Gasteiger partial charge in [-0.3, -0.25) is 0 Å². The summed E-state index contributed by atoms with van der Waals surface area (Å²) in [6.07, 6.45) is 5.26. The molecule has 16 heavy (non-hydrogen) atoms. The lowest BCUT2D eigenvalue weighted by Gasteiger charge is -2.26. The Balaban J connectivity index is 0.000000181. The van der Waals surface area contributed by atoms with E-state index in [-0.39, 0.29) is 0 Å². The Hall–Kier alpha value is -0.160. The molecule has 0 bridgehead atoms. The van der Waals surface area contributed by atoms with Gasteiger partial charge in [0.2, 0.25) is 0 Å². The third-order valence-electron chi connectivity index (χ3n) is 3.52. The molecule has 2 atom stereocenters. The summed E-state index contributed by atoms with van der Waals surface area (Å²) < 4.78 is 0. The number of nitrogens with two attached hydrogens (primary N) is 2. The van der Waals surface area contributed by atoms with Crippen molar-refractivity contribution in [1.82, 2.24) is 10.6 Å². The molecule has 1 heterocycles. The fraction of sp³-hybridized carbons (Fsp3) is 1.00. The minimum atomic E-state index is 0.766. The largest absolute Gasteiger partial charge is 0.330 e. The second-order valence-corrected chi connectivity index (χ2v) is 4.87. The van der Waals surface area contributed by atoms with Gasteiger partial charge in [0.25, 0.3) is 0 Å². The summed E-state index contributed by atoms with van der Waals surface area (Å²) in [7, 11) is 0. The molecule has 1 saturated carbocycles. The van der Waals surface area contributed by atoms with Crippen LogP contribution in [-0.2, 0) is 0 Å². The van der Waals surface area contributed by atoms with E-state index in [0.29, 0.717) is 0 Å². The SMILES string of the molecule is C1CNCCN1.NCC1CCCC(CN)C1. The quantitative estimate of drug-likeness (QED) is 0.532. The van der Waals surface area contributed by atoms with E-state index in [2.05, 4.69) is 10.6 Å². The van der Waals surface area contributed by atoms with Crippen LogP contribution in [0, 0.1) is 11.8 Å². The molecule has 0 aromatic carbocycles. The monoisotopic (exact) mass is 228 g/mol. The Morgan fingerprint density at radius 1 is 0.812 bits per heavy atom. The van der Waals surface area contributed by atoms with Crippen molar-refractivity contribution >= 4 is 0 Å². The lowest BCUT2D eigenvalue weighted by atomic mass is 9.81. The van der Waals surface area contributed by atoms with Crippen molar-refractivity contribution in [3.8, 4) is 0 Å². The zero-order valence-electron chi connectivity index (χ0n) is 10.4. The Kier molecular flexibility index (Phi) is 7.76. The summed E-state index contributed by atoms with van der Waals surface area (Å²) >= 11 is 0. The molecule has 1 aliphatic carbocycles. The van der Waals surface area contributed by atoms with Crippen molar-refractivity contribution in [2.45, 2.75) is 25.7 Å². The van der Waals surface area contributed by atoms with Gasteiger partial charge < -0.3 is 22.1 Å². The number of rotatable bonds is 2. The fourth-order valence-electron chi connectivity index (χ4n) is 2.43. The van der Waals surface area contributed by atoms with E-state index in [4.69, 9.17) is 11.5 Å². The van der Waals surface area contributed by atoms with Crippen molar-refractivity contribution in [2.75, 3.05) is 39.3 Å². The second-order valence-electron chi connectivity index (χ2n) is 4.87. The van der Waals surface area contributed by atoms with Crippen molar-refractivity contribution in [2.24, 2.45) is 23.3 Å². The van der Waals surface area contributed by atoms with Gasteiger partial charge in [0.15, 0.2) is 0 Å². The van der Waals surface area contributed by atoms with Gasteiger partial charge in [-0.25, -0.2) is 0 Å². The van der Waals surface area contributed by atoms with Crippen LogP contribution in [-0.4, -0.2) is 39.3 Å². The molecule has 0 amide bonds. The molecular weight excluding hydrogens is 200 g/mol. The van der Waals surface area contributed by atoms with E-state index in [1.807, 2.05) is 0 Å². The van der Waals surface area contributed by atoms with Gasteiger partial charge in [0.1, 0.15) is 0 Å². The van der Waals surface area contributed by atoms with E-state index in [9.17, 15) is 0 Å². The first-order valence-corrected chi connectivity index (χ1v) is 6.68. The molecule has 1 aliphatic heterocycles. The maximum absolute atomic E-state index is 5.58. The van der Waals surface area contributed by atoms with Crippen molar-refractivity contribution in [1.29, 1.82) is 0 Å². The summed E-state index contributed by atoms with van der Waals surface area (Å²) in [4.78, 5) is 0. The highest BCUT2D eigenvalue weighted by atomic mass is 15.0. The van der Waals surface area contributed by atoms with Crippen LogP contribution in [0.15, 0.2) is 0 Å². The molecule has 2 unspecified atom stereocenters. The van der Waals surface area contributed by atoms with Crippen LogP contribution in [0.3, 0.4) is 0 Å². The van der Waals surface area contributed by atoms with Gasteiger partial charge >= 0.3 is 0 Å². The van der Waals surface area contributed by atoms with Crippen LogP contribution in [0.25, 0.3) is 0 Å². The van der Waals surface area contributed by atoms with E-state index in [1.54, 1.807) is 0 Å². The first-order chi connectivity index (χ1) is 7.86. The molecule has 0 spiro atoms. The van der Waals surface area contributed by atoms with E-state index in [1.165, 1.54) is 25.7 Å². The van der Waals surface area contributed by atoms with E-state index >= 15 is 0 Å². The van der Waals surface area contributed by atoms with Gasteiger partial charge in [0.05, 0.1) is 0 Å². The maximum atomic E-state index is 5.58. The predicted molar refractivity (Wildman–Crippen MR) is 69.3 cm³/mol. The van der Waals surface area contributed by atoms with Crippen LogP contribution in [0.1, 0.15) is 25.7 Å². The molecule has 0 aromatic rings. The van der Waals surface area contributed by atoms with Gasteiger partial charge in [0, 0.05) is 26.2 Å².